The first-order valence-corrected chi connectivity index (χ1v) is 9.67. The highest BCUT2D eigenvalue weighted by atomic mass is 32.1. The number of amides is 1. The summed E-state index contributed by atoms with van der Waals surface area (Å²) >= 11 is 0. The summed E-state index contributed by atoms with van der Waals surface area (Å²) in [7, 11) is 1.86. The third-order valence-corrected chi connectivity index (χ3v) is 5.32. The first kappa shape index (κ1) is 23.5. The van der Waals surface area contributed by atoms with E-state index >= 15 is 0 Å². The lowest BCUT2D eigenvalue weighted by Gasteiger charge is -2.34. The van der Waals surface area contributed by atoms with Crippen molar-refractivity contribution in [2.75, 3.05) is 22.6 Å². The third kappa shape index (κ3) is 4.52. The number of likely N-dealkylation sites (N-methyl/N-ethyl adjacent to an activating group) is 1. The molecule has 11 heteroatoms. The summed E-state index contributed by atoms with van der Waals surface area (Å²) in [5.41, 5.74) is 3.37. The molecule has 0 saturated carbocycles. The van der Waals surface area contributed by atoms with Gasteiger partial charge in [0.25, 0.3) is 0 Å². The molecule has 1 aliphatic heterocycles. The van der Waals surface area contributed by atoms with Crippen LogP contribution in [0.2, 0.25) is 0 Å². The number of carbonyl (C=O) groups excluding carboxylic acids is 1. The number of pyridine rings is 1. The molecule has 1 aliphatic rings. The Hall–Kier alpha value is -3.21. The Balaban J connectivity index is 0.00000289. The fraction of sp³-hybridized carbons (Fsp3) is 0.286. The Morgan fingerprint density at radius 1 is 1.16 bits per heavy atom. The summed E-state index contributed by atoms with van der Waals surface area (Å²) in [4.78, 5) is 18.4. The summed E-state index contributed by atoms with van der Waals surface area (Å²) in [6.07, 6.45) is 3.36. The maximum absolute atomic E-state index is 13.4. The van der Waals surface area contributed by atoms with Gasteiger partial charge in [-0.15, -0.1) is 0 Å². The summed E-state index contributed by atoms with van der Waals surface area (Å²) in [6, 6.07) is 3.48. The molecule has 7 nitrogen and oxygen atoms in total. The molecule has 0 saturated heterocycles. The molecule has 170 valence electrons. The number of aromatic nitrogens is 3. The van der Waals surface area contributed by atoms with Gasteiger partial charge in [-0.3, -0.25) is 9.48 Å². The van der Waals surface area contributed by atoms with Gasteiger partial charge in [0, 0.05) is 31.4 Å². The summed E-state index contributed by atoms with van der Waals surface area (Å²) < 4.78 is 41.4. The molecule has 3 aromatic rings. The molecule has 0 fully saturated rings. The van der Waals surface area contributed by atoms with Crippen molar-refractivity contribution in [2.45, 2.75) is 33.0 Å². The lowest BCUT2D eigenvalue weighted by atomic mass is 10.1. The summed E-state index contributed by atoms with van der Waals surface area (Å²) in [6.45, 7) is 4.18. The molecule has 1 amide bonds. The normalized spacial score (nSPS) is 15.1. The van der Waals surface area contributed by atoms with Gasteiger partial charge in [-0.05, 0) is 31.5 Å². The molecule has 0 spiro atoms. The molecular weight excluding hydrogens is 441 g/mol. The van der Waals surface area contributed by atoms with Crippen LogP contribution in [0.1, 0.15) is 23.7 Å². The van der Waals surface area contributed by atoms with E-state index in [1.165, 1.54) is 4.68 Å². The van der Waals surface area contributed by atoms with Crippen LogP contribution < -0.4 is 15.5 Å². The van der Waals surface area contributed by atoms with Gasteiger partial charge in [0.05, 0.1) is 29.8 Å². The molecule has 2 aromatic heterocycles. The van der Waals surface area contributed by atoms with Crippen LogP contribution in [0.25, 0.3) is 0 Å². The summed E-state index contributed by atoms with van der Waals surface area (Å²) in [5, 5.41) is 10.3. The molecule has 1 atom stereocenters. The number of benzene rings is 1. The van der Waals surface area contributed by atoms with Crippen LogP contribution in [0.5, 0.6) is 0 Å². The topological polar surface area (TPSA) is 75.1 Å². The molecule has 32 heavy (non-hydrogen) atoms. The minimum absolute atomic E-state index is 0. The van der Waals surface area contributed by atoms with Gasteiger partial charge >= 0.3 is 0 Å². The number of anilines is 3. The van der Waals surface area contributed by atoms with Gasteiger partial charge < -0.3 is 15.5 Å². The molecule has 1 aromatic carbocycles. The fourth-order valence-electron chi connectivity index (χ4n) is 3.45. The Kier molecular flexibility index (Phi) is 6.68. The predicted molar refractivity (Wildman–Crippen MR) is 121 cm³/mol. The Morgan fingerprint density at radius 3 is 2.53 bits per heavy atom. The van der Waals surface area contributed by atoms with E-state index in [1.54, 1.807) is 12.4 Å². The predicted octanol–water partition coefficient (Wildman–Crippen LogP) is 3.55. The van der Waals surface area contributed by atoms with Crippen molar-refractivity contribution in [2.24, 2.45) is 0 Å². The highest BCUT2D eigenvalue weighted by molar-refractivity contribution is 7.59. The first-order valence-electron chi connectivity index (χ1n) is 9.67. The Bertz CT molecular complexity index is 1150. The molecule has 0 radical (unpaired) electrons. The van der Waals surface area contributed by atoms with Crippen molar-refractivity contribution in [3.05, 3.63) is 64.9 Å². The molecule has 4 rings (SSSR count). The van der Waals surface area contributed by atoms with Crippen LogP contribution in [0, 0.1) is 24.4 Å². The average Bonchev–Trinajstić information content (AvgIpc) is 3.17. The average molecular weight is 465 g/mol. The van der Waals surface area contributed by atoms with E-state index in [9.17, 15) is 18.0 Å². The van der Waals surface area contributed by atoms with E-state index in [-0.39, 0.29) is 37.6 Å². The molecule has 2 N–H and O–H groups in total. The van der Waals surface area contributed by atoms with Crippen LogP contribution in [-0.4, -0.2) is 33.8 Å². The van der Waals surface area contributed by atoms with Gasteiger partial charge in [0.15, 0.2) is 17.5 Å². The number of hydrogen-bond donors (Lipinski definition) is 2. The zero-order valence-electron chi connectivity index (χ0n) is 17.7. The van der Waals surface area contributed by atoms with Crippen molar-refractivity contribution in [3.63, 3.8) is 0 Å². The minimum Gasteiger partial charge on any atom is -0.366 e. The number of nitrogens with one attached hydrogen (secondary N) is 2. The van der Waals surface area contributed by atoms with E-state index in [1.807, 2.05) is 31.9 Å². The molecule has 0 bridgehead atoms. The van der Waals surface area contributed by atoms with E-state index in [0.29, 0.717) is 23.7 Å². The standard InChI is InChI=1S/C21H21F3N6O.H2S/c1-11-20-17(29(3)12(2)21(31)28-20)6-18(27-11)25-7-14-8-26-30(10-14)9-13-4-15(22)19(24)16(23)5-13;/h4-6,8,10,12H,7,9H2,1-3H3,(H,25,27)(H,28,31);1H2/t12-;/m0./s1. The fourth-order valence-corrected chi connectivity index (χ4v) is 3.45. The quantitative estimate of drug-likeness (QED) is 0.565. The van der Waals surface area contributed by atoms with E-state index in [2.05, 4.69) is 20.7 Å². The lowest BCUT2D eigenvalue weighted by molar-refractivity contribution is -0.117. The maximum Gasteiger partial charge on any atom is 0.246 e. The zero-order valence-corrected chi connectivity index (χ0v) is 18.7. The third-order valence-electron chi connectivity index (χ3n) is 5.32. The highest BCUT2D eigenvalue weighted by Crippen LogP contribution is 2.34. The number of carbonyl (C=O) groups is 1. The Labute approximate surface area is 190 Å². The van der Waals surface area contributed by atoms with Crippen molar-refractivity contribution in [1.29, 1.82) is 0 Å². The van der Waals surface area contributed by atoms with Crippen molar-refractivity contribution >= 4 is 36.6 Å². The second-order valence-corrected chi connectivity index (χ2v) is 7.54. The van der Waals surface area contributed by atoms with Crippen molar-refractivity contribution < 1.29 is 18.0 Å². The second-order valence-electron chi connectivity index (χ2n) is 7.54. The lowest BCUT2D eigenvalue weighted by Crippen LogP contribution is -2.44. The maximum atomic E-state index is 13.4. The van der Waals surface area contributed by atoms with Crippen LogP contribution in [-0.2, 0) is 17.9 Å². The largest absolute Gasteiger partial charge is 0.366 e. The van der Waals surface area contributed by atoms with Crippen molar-refractivity contribution in [1.82, 2.24) is 14.8 Å². The first-order chi connectivity index (χ1) is 14.7. The number of rotatable bonds is 5. The molecule has 0 unspecified atom stereocenters. The van der Waals surface area contributed by atoms with E-state index < -0.39 is 17.5 Å². The van der Waals surface area contributed by atoms with Gasteiger partial charge in [0.2, 0.25) is 5.91 Å². The number of nitrogens with zero attached hydrogens (tertiary/aromatic N) is 4. The monoisotopic (exact) mass is 464 g/mol. The number of fused-ring (bicyclic) bond motifs is 1. The van der Waals surface area contributed by atoms with Crippen LogP contribution in [0.15, 0.2) is 30.6 Å². The molecular formula is C21H23F3N6OS. The van der Waals surface area contributed by atoms with Crippen LogP contribution in [0.3, 0.4) is 0 Å². The zero-order chi connectivity index (χ0) is 22.3. The number of halogens is 3. The van der Waals surface area contributed by atoms with Crippen molar-refractivity contribution in [3.8, 4) is 0 Å². The minimum atomic E-state index is -1.48. The number of aryl methyl sites for hydroxylation is 1. The van der Waals surface area contributed by atoms with Gasteiger partial charge in [-0.25, -0.2) is 18.2 Å². The smallest absolute Gasteiger partial charge is 0.246 e. The van der Waals surface area contributed by atoms with Crippen LogP contribution in [0.4, 0.5) is 30.4 Å². The van der Waals surface area contributed by atoms with Gasteiger partial charge in [0.1, 0.15) is 11.9 Å². The van der Waals surface area contributed by atoms with Gasteiger partial charge in [-0.1, -0.05) is 0 Å². The van der Waals surface area contributed by atoms with Crippen LogP contribution >= 0.6 is 13.5 Å². The van der Waals surface area contributed by atoms with E-state index in [4.69, 9.17) is 0 Å². The molecule has 0 aliphatic carbocycles. The second kappa shape index (κ2) is 9.11. The highest BCUT2D eigenvalue weighted by Gasteiger charge is 2.28. The molecule has 3 heterocycles. The number of hydrogen-bond acceptors (Lipinski definition) is 5. The van der Waals surface area contributed by atoms with Gasteiger partial charge in [-0.2, -0.15) is 18.6 Å². The van der Waals surface area contributed by atoms with E-state index in [0.717, 1.165) is 23.4 Å². The SMILES string of the molecule is Cc1nc(NCc2cnn(Cc3cc(F)c(F)c(F)c3)c2)cc2c1NC(=O)[C@H](C)N2C.S. The summed E-state index contributed by atoms with van der Waals surface area (Å²) in [5.74, 6) is -3.38. The Morgan fingerprint density at radius 2 is 1.84 bits per heavy atom.